The molecule has 2 nitrogen and oxygen atoms in total. The van der Waals surface area contributed by atoms with Gasteiger partial charge in [-0.15, -0.1) is 0 Å². The maximum Gasteiger partial charge on any atom is 0.00387 e. The molecule has 0 aliphatic rings. The first-order chi connectivity index (χ1) is 8.24. The van der Waals surface area contributed by atoms with Crippen molar-refractivity contribution in [3.63, 3.8) is 0 Å². The van der Waals surface area contributed by atoms with Gasteiger partial charge in [0.1, 0.15) is 0 Å². The topological polar surface area (TPSA) is 15.3 Å². The number of unbranched alkanes of at least 4 members (excludes halogenated alkanes) is 1. The average Bonchev–Trinajstić information content (AvgIpc) is 2.32. The van der Waals surface area contributed by atoms with Crippen LogP contribution in [0.3, 0.4) is 0 Å². The number of nitrogens with zero attached hydrogens (tertiary/aromatic N) is 1. The molecule has 0 aromatic heterocycles. The fourth-order valence-corrected chi connectivity index (χ4v) is 2.25. The zero-order chi connectivity index (χ0) is 12.9. The second-order valence-corrected chi connectivity index (χ2v) is 5.19. The maximum absolute atomic E-state index is 3.56. The van der Waals surface area contributed by atoms with E-state index in [0.717, 1.165) is 0 Å². The molecule has 0 spiro atoms. The fraction of sp³-hybridized carbons (Fsp3) is 1.00. The van der Waals surface area contributed by atoms with Gasteiger partial charge >= 0.3 is 0 Å². The van der Waals surface area contributed by atoms with Crippen LogP contribution >= 0.6 is 0 Å². The molecule has 0 saturated heterocycles. The van der Waals surface area contributed by atoms with E-state index in [1.165, 1.54) is 64.7 Å². The van der Waals surface area contributed by atoms with Crippen molar-refractivity contribution in [1.29, 1.82) is 0 Å². The molecule has 1 unspecified atom stereocenters. The minimum atomic E-state index is 0.695. The number of hydrogen-bond acceptors (Lipinski definition) is 2. The molecule has 2 heteroatoms. The van der Waals surface area contributed by atoms with Crippen LogP contribution in [0.25, 0.3) is 0 Å². The number of hydrogen-bond donors (Lipinski definition) is 1. The predicted molar refractivity (Wildman–Crippen MR) is 78.6 cm³/mol. The Kier molecular flexibility index (Phi) is 12.3. The molecule has 1 N–H and O–H groups in total. The molecule has 0 aliphatic carbocycles. The van der Waals surface area contributed by atoms with Crippen LogP contribution in [0, 0.1) is 0 Å². The van der Waals surface area contributed by atoms with Crippen LogP contribution in [-0.2, 0) is 0 Å². The highest BCUT2D eigenvalue weighted by molar-refractivity contribution is 4.62. The first-order valence-electron chi connectivity index (χ1n) is 7.70. The van der Waals surface area contributed by atoms with Crippen molar-refractivity contribution in [2.45, 2.75) is 72.3 Å². The second kappa shape index (κ2) is 12.4. The molecule has 0 aliphatic heterocycles. The zero-order valence-corrected chi connectivity index (χ0v) is 12.6. The van der Waals surface area contributed by atoms with Crippen LogP contribution in [-0.4, -0.2) is 37.1 Å². The van der Waals surface area contributed by atoms with Crippen molar-refractivity contribution in [3.05, 3.63) is 0 Å². The van der Waals surface area contributed by atoms with Gasteiger partial charge in [-0.1, -0.05) is 27.2 Å². The summed E-state index contributed by atoms with van der Waals surface area (Å²) in [4.78, 5) is 2.62. The van der Waals surface area contributed by atoms with Gasteiger partial charge in [-0.3, -0.25) is 0 Å². The molecule has 0 aromatic rings. The minimum Gasteiger partial charge on any atom is -0.314 e. The van der Waals surface area contributed by atoms with Crippen molar-refractivity contribution in [2.75, 3.05) is 26.2 Å². The Morgan fingerprint density at radius 2 is 1.53 bits per heavy atom. The third-order valence-corrected chi connectivity index (χ3v) is 3.18. The van der Waals surface area contributed by atoms with Gasteiger partial charge in [-0.05, 0) is 65.2 Å². The molecular formula is C15H34N2. The highest BCUT2D eigenvalue weighted by Gasteiger charge is 2.03. The van der Waals surface area contributed by atoms with Crippen molar-refractivity contribution in [2.24, 2.45) is 0 Å². The van der Waals surface area contributed by atoms with E-state index in [4.69, 9.17) is 0 Å². The van der Waals surface area contributed by atoms with Crippen LogP contribution in [0.4, 0.5) is 0 Å². The van der Waals surface area contributed by atoms with E-state index in [2.05, 4.69) is 37.9 Å². The standard InChI is InChI=1S/C15H34N2/c1-5-11-16-15(4)10-8-9-14-17(12-6-2)13-7-3/h15-16H,5-14H2,1-4H3. The van der Waals surface area contributed by atoms with E-state index in [-0.39, 0.29) is 0 Å². The SMILES string of the molecule is CCCNC(C)CCCCN(CCC)CCC. The summed E-state index contributed by atoms with van der Waals surface area (Å²) in [5, 5.41) is 3.56. The zero-order valence-electron chi connectivity index (χ0n) is 12.6. The van der Waals surface area contributed by atoms with Gasteiger partial charge in [0.15, 0.2) is 0 Å². The first kappa shape index (κ1) is 16.9. The van der Waals surface area contributed by atoms with Gasteiger partial charge < -0.3 is 10.2 Å². The van der Waals surface area contributed by atoms with Gasteiger partial charge in [0.2, 0.25) is 0 Å². The smallest absolute Gasteiger partial charge is 0.00387 e. The number of nitrogens with one attached hydrogen (secondary N) is 1. The summed E-state index contributed by atoms with van der Waals surface area (Å²) in [6, 6.07) is 0.695. The highest BCUT2D eigenvalue weighted by atomic mass is 15.1. The van der Waals surface area contributed by atoms with Crippen LogP contribution < -0.4 is 5.32 Å². The maximum atomic E-state index is 3.56. The lowest BCUT2D eigenvalue weighted by Crippen LogP contribution is -2.28. The van der Waals surface area contributed by atoms with E-state index in [1.54, 1.807) is 0 Å². The monoisotopic (exact) mass is 242 g/mol. The lowest BCUT2D eigenvalue weighted by atomic mass is 10.1. The first-order valence-corrected chi connectivity index (χ1v) is 7.70. The molecule has 0 saturated carbocycles. The summed E-state index contributed by atoms with van der Waals surface area (Å²) < 4.78 is 0. The van der Waals surface area contributed by atoms with Gasteiger partial charge in [-0.2, -0.15) is 0 Å². The lowest BCUT2D eigenvalue weighted by molar-refractivity contribution is 0.266. The van der Waals surface area contributed by atoms with Crippen molar-refractivity contribution in [3.8, 4) is 0 Å². The molecular weight excluding hydrogens is 208 g/mol. The summed E-state index contributed by atoms with van der Waals surface area (Å²) in [6.45, 7) is 14.1. The molecule has 0 bridgehead atoms. The summed E-state index contributed by atoms with van der Waals surface area (Å²) in [5.41, 5.74) is 0. The second-order valence-electron chi connectivity index (χ2n) is 5.19. The minimum absolute atomic E-state index is 0.695. The normalized spacial score (nSPS) is 13.2. The molecule has 0 rings (SSSR count). The van der Waals surface area contributed by atoms with E-state index in [1.807, 2.05) is 0 Å². The van der Waals surface area contributed by atoms with Crippen LogP contribution in [0.5, 0.6) is 0 Å². The van der Waals surface area contributed by atoms with Crippen molar-refractivity contribution >= 4 is 0 Å². The average molecular weight is 242 g/mol. The molecule has 104 valence electrons. The van der Waals surface area contributed by atoms with Gasteiger partial charge in [0, 0.05) is 6.04 Å². The van der Waals surface area contributed by atoms with Gasteiger partial charge in [0.05, 0.1) is 0 Å². The van der Waals surface area contributed by atoms with E-state index in [9.17, 15) is 0 Å². The van der Waals surface area contributed by atoms with E-state index in [0.29, 0.717) is 6.04 Å². The Labute approximate surface area is 109 Å². The van der Waals surface area contributed by atoms with Gasteiger partial charge in [0.25, 0.3) is 0 Å². The molecule has 0 heterocycles. The summed E-state index contributed by atoms with van der Waals surface area (Å²) >= 11 is 0. The number of rotatable bonds is 12. The highest BCUT2D eigenvalue weighted by Crippen LogP contribution is 2.04. The molecule has 0 fully saturated rings. The van der Waals surface area contributed by atoms with Crippen LogP contribution in [0.15, 0.2) is 0 Å². The van der Waals surface area contributed by atoms with Crippen molar-refractivity contribution in [1.82, 2.24) is 10.2 Å². The Morgan fingerprint density at radius 1 is 0.882 bits per heavy atom. The largest absolute Gasteiger partial charge is 0.314 e. The lowest BCUT2D eigenvalue weighted by Gasteiger charge is -2.21. The summed E-state index contributed by atoms with van der Waals surface area (Å²) in [7, 11) is 0. The summed E-state index contributed by atoms with van der Waals surface area (Å²) in [6.07, 6.45) is 7.86. The predicted octanol–water partition coefficient (Wildman–Crippen LogP) is 3.67. The molecule has 0 radical (unpaired) electrons. The molecule has 0 amide bonds. The van der Waals surface area contributed by atoms with E-state index >= 15 is 0 Å². The Hall–Kier alpha value is -0.0800. The third-order valence-electron chi connectivity index (χ3n) is 3.18. The molecule has 17 heavy (non-hydrogen) atoms. The van der Waals surface area contributed by atoms with E-state index < -0.39 is 0 Å². The van der Waals surface area contributed by atoms with Gasteiger partial charge in [-0.25, -0.2) is 0 Å². The fourth-order valence-electron chi connectivity index (χ4n) is 2.25. The molecule has 0 aromatic carbocycles. The molecule has 1 atom stereocenters. The van der Waals surface area contributed by atoms with Crippen LogP contribution in [0.2, 0.25) is 0 Å². The third kappa shape index (κ3) is 10.8. The van der Waals surface area contributed by atoms with Crippen molar-refractivity contribution < 1.29 is 0 Å². The quantitative estimate of drug-likeness (QED) is 0.525. The Morgan fingerprint density at radius 3 is 2.06 bits per heavy atom. The van der Waals surface area contributed by atoms with Crippen LogP contribution in [0.1, 0.15) is 66.2 Å². The summed E-state index contributed by atoms with van der Waals surface area (Å²) in [5.74, 6) is 0. The Balaban J connectivity index is 3.46. The Bertz CT molecular complexity index is 142.